The van der Waals surface area contributed by atoms with Crippen LogP contribution in [0.3, 0.4) is 0 Å². The predicted molar refractivity (Wildman–Crippen MR) is 126 cm³/mol. The van der Waals surface area contributed by atoms with E-state index in [1.54, 1.807) is 7.11 Å². The highest BCUT2D eigenvalue weighted by atomic mass is 16.5. The maximum atomic E-state index is 12.4. The predicted octanol–water partition coefficient (Wildman–Crippen LogP) is 4.84. The van der Waals surface area contributed by atoms with Gasteiger partial charge in [-0.05, 0) is 91.5 Å². The number of amides is 1. The first kappa shape index (κ1) is 20.9. The van der Waals surface area contributed by atoms with Gasteiger partial charge >= 0.3 is 0 Å². The molecule has 3 aromatic rings. The van der Waals surface area contributed by atoms with Crippen LogP contribution in [0.25, 0.3) is 11.1 Å². The Balaban J connectivity index is 1.33. The third kappa shape index (κ3) is 5.64. The molecule has 0 atom stereocenters. The summed E-state index contributed by atoms with van der Waals surface area (Å²) in [6, 6.07) is 23.9. The molecule has 31 heavy (non-hydrogen) atoms. The van der Waals surface area contributed by atoms with Crippen LogP contribution in [0.2, 0.25) is 0 Å². The van der Waals surface area contributed by atoms with Crippen molar-refractivity contribution in [1.29, 1.82) is 0 Å². The van der Waals surface area contributed by atoms with E-state index in [-0.39, 0.29) is 5.91 Å². The minimum absolute atomic E-state index is 0.00674. The maximum absolute atomic E-state index is 12.4. The Morgan fingerprint density at radius 3 is 2.29 bits per heavy atom. The molecule has 1 saturated heterocycles. The van der Waals surface area contributed by atoms with Gasteiger partial charge < -0.3 is 20.7 Å². The average molecular weight is 416 g/mol. The van der Waals surface area contributed by atoms with Crippen LogP contribution in [-0.4, -0.2) is 32.7 Å². The number of hydrogen-bond acceptors (Lipinski definition) is 4. The van der Waals surface area contributed by atoms with Gasteiger partial charge in [0.1, 0.15) is 5.75 Å². The summed E-state index contributed by atoms with van der Waals surface area (Å²) in [5.74, 6) is 1.42. The summed E-state index contributed by atoms with van der Waals surface area (Å²) in [5.41, 5.74) is 4.88. The van der Waals surface area contributed by atoms with Gasteiger partial charge in [-0.2, -0.15) is 0 Å². The number of carbonyl (C=O) groups is 1. The second-order valence-electron chi connectivity index (χ2n) is 7.92. The lowest BCUT2D eigenvalue weighted by Crippen LogP contribution is -2.35. The standard InChI is InChI=1S/C26H29N3O2/c1-31-25-4-2-3-22(17-25)20-5-9-23(10-6-20)29-24-11-7-21(8-12-24)26(30)28-18-19-13-15-27-16-14-19/h2-12,17,19,27,29H,13-16,18H2,1H3,(H,28,30). The number of ether oxygens (including phenoxy) is 1. The number of methoxy groups -OCH3 is 1. The van der Waals surface area contributed by atoms with Crippen LogP contribution >= 0.6 is 0 Å². The van der Waals surface area contributed by atoms with Gasteiger partial charge in [0.05, 0.1) is 7.11 Å². The minimum Gasteiger partial charge on any atom is -0.497 e. The Hall–Kier alpha value is -3.31. The summed E-state index contributed by atoms with van der Waals surface area (Å²) < 4.78 is 5.31. The molecule has 1 fully saturated rings. The van der Waals surface area contributed by atoms with Gasteiger partial charge in [-0.15, -0.1) is 0 Å². The van der Waals surface area contributed by atoms with E-state index in [1.165, 1.54) is 0 Å². The van der Waals surface area contributed by atoms with Gasteiger partial charge in [-0.1, -0.05) is 24.3 Å². The molecule has 0 bridgehead atoms. The van der Waals surface area contributed by atoms with E-state index in [1.807, 2.05) is 42.5 Å². The Morgan fingerprint density at radius 2 is 1.61 bits per heavy atom. The molecule has 0 aliphatic carbocycles. The monoisotopic (exact) mass is 415 g/mol. The third-order valence-electron chi connectivity index (χ3n) is 5.73. The van der Waals surface area contributed by atoms with Crippen molar-refractivity contribution in [3.8, 4) is 16.9 Å². The Kier molecular flexibility index (Phi) is 6.85. The SMILES string of the molecule is COc1cccc(-c2ccc(Nc3ccc(C(=O)NCC4CCNCC4)cc3)cc2)c1. The molecule has 0 unspecified atom stereocenters. The molecule has 0 spiro atoms. The number of anilines is 2. The summed E-state index contributed by atoms with van der Waals surface area (Å²) >= 11 is 0. The van der Waals surface area contributed by atoms with Crippen LogP contribution in [0, 0.1) is 5.92 Å². The van der Waals surface area contributed by atoms with Crippen LogP contribution in [0.15, 0.2) is 72.8 Å². The number of carbonyl (C=O) groups excluding carboxylic acids is 1. The number of nitrogens with one attached hydrogen (secondary N) is 3. The summed E-state index contributed by atoms with van der Waals surface area (Å²) in [5, 5.41) is 9.81. The zero-order valence-corrected chi connectivity index (χ0v) is 17.9. The van der Waals surface area contributed by atoms with Crippen LogP contribution in [0.4, 0.5) is 11.4 Å². The van der Waals surface area contributed by atoms with E-state index in [9.17, 15) is 4.79 Å². The molecule has 3 N–H and O–H groups in total. The zero-order valence-electron chi connectivity index (χ0n) is 17.9. The Bertz CT molecular complexity index is 994. The normalized spacial score (nSPS) is 14.1. The van der Waals surface area contributed by atoms with Crippen molar-refractivity contribution in [1.82, 2.24) is 10.6 Å². The fraction of sp³-hybridized carbons (Fsp3) is 0.269. The Labute approximate surface area is 183 Å². The molecule has 1 aliphatic heterocycles. The first-order valence-corrected chi connectivity index (χ1v) is 10.8. The zero-order chi connectivity index (χ0) is 21.5. The molecule has 3 aromatic carbocycles. The maximum Gasteiger partial charge on any atom is 0.251 e. The molecular formula is C26H29N3O2. The van der Waals surface area contributed by atoms with Gasteiger partial charge in [0, 0.05) is 23.5 Å². The molecule has 1 heterocycles. The molecule has 0 aromatic heterocycles. The largest absolute Gasteiger partial charge is 0.497 e. The second kappa shape index (κ2) is 10.1. The molecule has 5 nitrogen and oxygen atoms in total. The quantitative estimate of drug-likeness (QED) is 0.517. The van der Waals surface area contributed by atoms with Crippen molar-refractivity contribution in [2.45, 2.75) is 12.8 Å². The molecule has 1 aliphatic rings. The van der Waals surface area contributed by atoms with Gasteiger partial charge in [0.25, 0.3) is 5.91 Å². The van der Waals surface area contributed by atoms with Crippen LogP contribution in [0.1, 0.15) is 23.2 Å². The highest BCUT2D eigenvalue weighted by Crippen LogP contribution is 2.26. The van der Waals surface area contributed by atoms with Crippen LogP contribution in [-0.2, 0) is 0 Å². The van der Waals surface area contributed by atoms with Crippen LogP contribution < -0.4 is 20.7 Å². The fourth-order valence-corrected chi connectivity index (χ4v) is 3.85. The number of piperidine rings is 1. The van der Waals surface area contributed by atoms with Gasteiger partial charge in [0.2, 0.25) is 0 Å². The van der Waals surface area contributed by atoms with Gasteiger partial charge in [-0.3, -0.25) is 4.79 Å². The van der Waals surface area contributed by atoms with Crippen molar-refractivity contribution in [3.05, 3.63) is 78.4 Å². The summed E-state index contributed by atoms with van der Waals surface area (Å²) in [6.45, 7) is 2.84. The highest BCUT2D eigenvalue weighted by Gasteiger charge is 2.14. The smallest absolute Gasteiger partial charge is 0.251 e. The molecule has 1 amide bonds. The van der Waals surface area contributed by atoms with E-state index in [0.717, 1.165) is 60.7 Å². The topological polar surface area (TPSA) is 62.4 Å². The van der Waals surface area contributed by atoms with Gasteiger partial charge in [0.15, 0.2) is 0 Å². The third-order valence-corrected chi connectivity index (χ3v) is 5.73. The number of rotatable bonds is 7. The lowest BCUT2D eigenvalue weighted by Gasteiger charge is -2.22. The molecule has 4 rings (SSSR count). The average Bonchev–Trinajstić information content (AvgIpc) is 2.84. The van der Waals surface area contributed by atoms with E-state index < -0.39 is 0 Å². The number of benzene rings is 3. The van der Waals surface area contributed by atoms with Crippen molar-refractivity contribution in [3.63, 3.8) is 0 Å². The van der Waals surface area contributed by atoms with E-state index >= 15 is 0 Å². The second-order valence-corrected chi connectivity index (χ2v) is 7.92. The molecule has 5 heteroatoms. The lowest BCUT2D eigenvalue weighted by molar-refractivity contribution is 0.0944. The molecule has 0 radical (unpaired) electrons. The molecule has 0 saturated carbocycles. The van der Waals surface area contributed by atoms with E-state index in [0.29, 0.717) is 11.5 Å². The first-order chi connectivity index (χ1) is 15.2. The van der Waals surface area contributed by atoms with Gasteiger partial charge in [-0.25, -0.2) is 0 Å². The lowest BCUT2D eigenvalue weighted by atomic mass is 9.98. The molecule has 160 valence electrons. The highest BCUT2D eigenvalue weighted by molar-refractivity contribution is 5.94. The van der Waals surface area contributed by atoms with Crippen molar-refractivity contribution in [2.75, 3.05) is 32.1 Å². The van der Waals surface area contributed by atoms with E-state index in [2.05, 4.69) is 46.3 Å². The first-order valence-electron chi connectivity index (χ1n) is 10.8. The van der Waals surface area contributed by atoms with Crippen molar-refractivity contribution >= 4 is 17.3 Å². The van der Waals surface area contributed by atoms with E-state index in [4.69, 9.17) is 4.74 Å². The van der Waals surface area contributed by atoms with Crippen LogP contribution in [0.5, 0.6) is 5.75 Å². The minimum atomic E-state index is -0.00674. The summed E-state index contributed by atoms with van der Waals surface area (Å²) in [6.07, 6.45) is 2.25. The summed E-state index contributed by atoms with van der Waals surface area (Å²) in [4.78, 5) is 12.4. The fourth-order valence-electron chi connectivity index (χ4n) is 3.85. The Morgan fingerprint density at radius 1 is 0.935 bits per heavy atom. The van der Waals surface area contributed by atoms with Crippen molar-refractivity contribution < 1.29 is 9.53 Å². The van der Waals surface area contributed by atoms with Crippen molar-refractivity contribution in [2.24, 2.45) is 5.92 Å². The summed E-state index contributed by atoms with van der Waals surface area (Å²) in [7, 11) is 1.68. The molecular weight excluding hydrogens is 386 g/mol. The number of hydrogen-bond donors (Lipinski definition) is 3.